The van der Waals surface area contributed by atoms with Crippen molar-refractivity contribution in [1.29, 1.82) is 5.41 Å². The number of carbonyl (C=O) groups is 1. The fourth-order valence-corrected chi connectivity index (χ4v) is 4.87. The summed E-state index contributed by atoms with van der Waals surface area (Å²) in [5.74, 6) is -1.60. The van der Waals surface area contributed by atoms with Gasteiger partial charge in [-0.2, -0.15) is 0 Å². The standard InChI is InChI=1S/C27H24F2N6O2S/c28-27(29)11-20(12-27)32-23(36)15-37-21-3-1-2-17(10-21)25-34-22-8-9-38-24(22)26(35-25)33-19-6-4-16(5-7-19)18(13-30)14-31/h1-10,13-14,20,30H,11-12,15,31H2,(H,32,36)(H,33,34,35)/b18-14+,30-13?. The van der Waals surface area contributed by atoms with Crippen LogP contribution in [0.4, 0.5) is 20.3 Å². The van der Waals surface area contributed by atoms with Gasteiger partial charge in [0.1, 0.15) is 5.75 Å². The Hall–Kier alpha value is -4.38. The Morgan fingerprint density at radius 2 is 1.97 bits per heavy atom. The average molecular weight is 535 g/mol. The van der Waals surface area contributed by atoms with Gasteiger partial charge in [0.05, 0.1) is 10.2 Å². The molecule has 0 saturated heterocycles. The summed E-state index contributed by atoms with van der Waals surface area (Å²) in [5.41, 5.74) is 9.30. The van der Waals surface area contributed by atoms with Gasteiger partial charge in [-0.3, -0.25) is 4.79 Å². The van der Waals surface area contributed by atoms with E-state index in [0.717, 1.165) is 21.5 Å². The minimum atomic E-state index is -2.69. The first-order chi connectivity index (χ1) is 18.3. The van der Waals surface area contributed by atoms with Crippen LogP contribution >= 0.6 is 11.3 Å². The van der Waals surface area contributed by atoms with E-state index in [9.17, 15) is 13.6 Å². The van der Waals surface area contributed by atoms with Gasteiger partial charge < -0.3 is 26.5 Å². The number of aromatic nitrogens is 2. The predicted molar refractivity (Wildman–Crippen MR) is 145 cm³/mol. The molecule has 1 aliphatic rings. The van der Waals surface area contributed by atoms with Gasteiger partial charge in [-0.25, -0.2) is 18.7 Å². The molecule has 5 N–H and O–H groups in total. The lowest BCUT2D eigenvalue weighted by Crippen LogP contribution is -2.51. The van der Waals surface area contributed by atoms with E-state index in [1.54, 1.807) is 18.2 Å². The Labute approximate surface area is 221 Å². The van der Waals surface area contributed by atoms with Crippen molar-refractivity contribution in [2.45, 2.75) is 24.8 Å². The Bertz CT molecular complexity index is 1510. The largest absolute Gasteiger partial charge is 0.484 e. The van der Waals surface area contributed by atoms with Gasteiger partial charge >= 0.3 is 0 Å². The average Bonchev–Trinajstić information content (AvgIpc) is 3.37. The normalized spacial score (nSPS) is 15.1. The molecule has 2 heterocycles. The first-order valence-electron chi connectivity index (χ1n) is 11.8. The minimum absolute atomic E-state index is 0.280. The van der Waals surface area contributed by atoms with Crippen LogP contribution in [0.15, 0.2) is 66.2 Å². The highest BCUT2D eigenvalue weighted by atomic mass is 32.1. The molecule has 0 unspecified atom stereocenters. The maximum absolute atomic E-state index is 13.0. The molecule has 1 saturated carbocycles. The molecule has 1 fully saturated rings. The fraction of sp³-hybridized carbons (Fsp3) is 0.185. The van der Waals surface area contributed by atoms with Crippen molar-refractivity contribution < 1.29 is 18.3 Å². The molecule has 2 aromatic carbocycles. The summed E-state index contributed by atoms with van der Waals surface area (Å²) >= 11 is 1.52. The summed E-state index contributed by atoms with van der Waals surface area (Å²) in [7, 11) is 0. The highest BCUT2D eigenvalue weighted by Crippen LogP contribution is 2.37. The number of nitrogens with zero attached hydrogens (tertiary/aromatic N) is 2. The van der Waals surface area contributed by atoms with Crippen LogP contribution in [0, 0.1) is 5.41 Å². The summed E-state index contributed by atoms with van der Waals surface area (Å²) in [6, 6.07) is 15.9. The first-order valence-corrected chi connectivity index (χ1v) is 12.7. The molecule has 1 amide bonds. The topological polar surface area (TPSA) is 126 Å². The third-order valence-corrected chi connectivity index (χ3v) is 6.95. The monoisotopic (exact) mass is 534 g/mol. The van der Waals surface area contributed by atoms with Crippen molar-refractivity contribution in [2.75, 3.05) is 11.9 Å². The zero-order valence-corrected chi connectivity index (χ0v) is 20.9. The van der Waals surface area contributed by atoms with Crippen LogP contribution in [-0.2, 0) is 4.79 Å². The third-order valence-electron chi connectivity index (χ3n) is 6.04. The molecule has 5 rings (SSSR count). The van der Waals surface area contributed by atoms with Crippen molar-refractivity contribution in [3.8, 4) is 17.1 Å². The lowest BCUT2D eigenvalue weighted by Gasteiger charge is -2.35. The highest BCUT2D eigenvalue weighted by molar-refractivity contribution is 7.17. The van der Waals surface area contributed by atoms with Gasteiger partial charge in [0.2, 0.25) is 0 Å². The van der Waals surface area contributed by atoms with Gasteiger partial charge in [0, 0.05) is 48.1 Å². The number of amides is 1. The number of nitrogens with two attached hydrogens (primary N) is 1. The van der Waals surface area contributed by atoms with E-state index in [0.29, 0.717) is 28.5 Å². The van der Waals surface area contributed by atoms with Crippen LogP contribution in [0.1, 0.15) is 18.4 Å². The summed E-state index contributed by atoms with van der Waals surface area (Å²) < 4.78 is 32.5. The Morgan fingerprint density at radius 3 is 2.68 bits per heavy atom. The molecule has 194 valence electrons. The number of allylic oxidation sites excluding steroid dienone is 1. The Kier molecular flexibility index (Phi) is 7.01. The minimum Gasteiger partial charge on any atom is -0.484 e. The number of ether oxygens (including phenoxy) is 1. The fourth-order valence-electron chi connectivity index (χ4n) is 4.09. The molecule has 0 aliphatic heterocycles. The van der Waals surface area contributed by atoms with Crippen LogP contribution in [0.5, 0.6) is 5.75 Å². The van der Waals surface area contributed by atoms with Crippen LogP contribution in [-0.4, -0.2) is 40.7 Å². The predicted octanol–water partition coefficient (Wildman–Crippen LogP) is 5.34. The molecule has 0 spiro atoms. The van der Waals surface area contributed by atoms with Crippen molar-refractivity contribution in [2.24, 2.45) is 5.73 Å². The summed E-state index contributed by atoms with van der Waals surface area (Å²) in [6.45, 7) is -0.280. The molecule has 0 radical (unpaired) electrons. The van der Waals surface area contributed by atoms with Crippen LogP contribution < -0.4 is 21.1 Å². The molecular formula is C27H24F2N6O2S. The van der Waals surface area contributed by atoms with E-state index in [2.05, 4.69) is 15.6 Å². The molecular weight excluding hydrogens is 510 g/mol. The van der Waals surface area contributed by atoms with Gasteiger partial charge in [-0.15, -0.1) is 11.3 Å². The number of hydrogen-bond acceptors (Lipinski definition) is 8. The zero-order chi connectivity index (χ0) is 26.7. The summed E-state index contributed by atoms with van der Waals surface area (Å²) in [4.78, 5) is 21.5. The molecule has 0 bridgehead atoms. The van der Waals surface area contributed by atoms with Gasteiger partial charge in [-0.1, -0.05) is 24.3 Å². The van der Waals surface area contributed by atoms with Crippen LogP contribution in [0.2, 0.25) is 0 Å². The number of thiophene rings is 1. The van der Waals surface area contributed by atoms with Gasteiger partial charge in [0.25, 0.3) is 11.8 Å². The van der Waals surface area contributed by atoms with Crippen LogP contribution in [0.3, 0.4) is 0 Å². The van der Waals surface area contributed by atoms with Crippen molar-refractivity contribution in [3.63, 3.8) is 0 Å². The SMILES string of the molecule is N=C/C(=C\N)c1ccc(Nc2nc(-c3cccc(OCC(=O)NC4CC(F)(F)C4)c3)nc3ccsc23)cc1. The quantitative estimate of drug-likeness (QED) is 0.215. The maximum Gasteiger partial charge on any atom is 0.258 e. The first kappa shape index (κ1) is 25.3. The number of alkyl halides is 2. The number of anilines is 2. The Morgan fingerprint density at radius 1 is 1.18 bits per heavy atom. The molecule has 4 aromatic rings. The second kappa shape index (κ2) is 10.5. The maximum atomic E-state index is 13.0. The number of fused-ring (bicyclic) bond motifs is 1. The molecule has 1 aliphatic carbocycles. The lowest BCUT2D eigenvalue weighted by molar-refractivity contribution is -0.131. The molecule has 38 heavy (non-hydrogen) atoms. The zero-order valence-electron chi connectivity index (χ0n) is 20.1. The van der Waals surface area contributed by atoms with Gasteiger partial charge in [-0.05, 0) is 41.3 Å². The second-order valence-corrected chi connectivity index (χ2v) is 9.76. The molecule has 8 nitrogen and oxygen atoms in total. The smallest absolute Gasteiger partial charge is 0.258 e. The Balaban J connectivity index is 1.32. The lowest BCUT2D eigenvalue weighted by atomic mass is 9.88. The van der Waals surface area contributed by atoms with E-state index in [-0.39, 0.29) is 19.4 Å². The second-order valence-electron chi connectivity index (χ2n) is 8.84. The highest BCUT2D eigenvalue weighted by Gasteiger charge is 2.45. The van der Waals surface area contributed by atoms with Crippen molar-refractivity contribution >= 4 is 50.8 Å². The van der Waals surface area contributed by atoms with E-state index >= 15 is 0 Å². The summed E-state index contributed by atoms with van der Waals surface area (Å²) in [6.07, 6.45) is 1.91. The molecule has 0 atom stereocenters. The number of halogens is 2. The number of carbonyl (C=O) groups excluding carboxylic acids is 1. The third kappa shape index (κ3) is 5.62. The number of nitrogens with one attached hydrogen (secondary N) is 3. The van der Waals surface area contributed by atoms with Crippen molar-refractivity contribution in [1.82, 2.24) is 15.3 Å². The van der Waals surface area contributed by atoms with E-state index in [1.807, 2.05) is 41.8 Å². The summed E-state index contributed by atoms with van der Waals surface area (Å²) in [5, 5.41) is 15.3. The van der Waals surface area contributed by atoms with E-state index in [4.69, 9.17) is 20.9 Å². The number of rotatable bonds is 9. The van der Waals surface area contributed by atoms with E-state index in [1.165, 1.54) is 23.8 Å². The van der Waals surface area contributed by atoms with Crippen LogP contribution in [0.25, 0.3) is 27.2 Å². The molecule has 11 heteroatoms. The molecule has 2 aromatic heterocycles. The van der Waals surface area contributed by atoms with E-state index < -0.39 is 17.9 Å². The van der Waals surface area contributed by atoms with Gasteiger partial charge in [0.15, 0.2) is 18.2 Å². The number of hydrogen-bond donors (Lipinski definition) is 4. The van der Waals surface area contributed by atoms with Crippen molar-refractivity contribution in [3.05, 3.63) is 71.7 Å². The number of benzene rings is 2.